The summed E-state index contributed by atoms with van der Waals surface area (Å²) < 4.78 is 50.8. The summed E-state index contributed by atoms with van der Waals surface area (Å²) in [6.45, 7) is 6.85. The van der Waals surface area contributed by atoms with Crippen LogP contribution in [0.1, 0.15) is 38.8 Å². The number of aliphatic hydroxyl groups is 1. The maximum absolute atomic E-state index is 13.2. The summed E-state index contributed by atoms with van der Waals surface area (Å²) in [5.41, 5.74) is -2.15. The summed E-state index contributed by atoms with van der Waals surface area (Å²) in [7, 11) is 0.224. The Kier molecular flexibility index (Phi) is 6.12. The summed E-state index contributed by atoms with van der Waals surface area (Å²) in [6.07, 6.45) is -4.64. The Bertz CT molecular complexity index is 866. The van der Waals surface area contributed by atoms with E-state index in [1.54, 1.807) is 45.9 Å². The Morgan fingerprint density at radius 3 is 2.11 bits per heavy atom. The lowest BCUT2D eigenvalue weighted by atomic mass is 9.82. The van der Waals surface area contributed by atoms with Crippen LogP contribution in [0.3, 0.4) is 0 Å². The zero-order valence-corrected chi connectivity index (χ0v) is 16.1. The highest BCUT2D eigenvalue weighted by Crippen LogP contribution is 2.38. The number of ether oxygens (including phenoxy) is 1. The molecule has 2 aromatic rings. The van der Waals surface area contributed by atoms with Crippen molar-refractivity contribution in [3.05, 3.63) is 53.6 Å². The minimum Gasteiger partial charge on any atom is -0.457 e. The second-order valence-corrected chi connectivity index (χ2v) is 7.42. The molecule has 0 aromatic heterocycles. The molecule has 0 fully saturated rings. The van der Waals surface area contributed by atoms with Crippen LogP contribution in [-0.4, -0.2) is 23.8 Å². The Morgan fingerprint density at radius 2 is 1.61 bits per heavy atom. The predicted molar refractivity (Wildman–Crippen MR) is 101 cm³/mol. The second-order valence-electron chi connectivity index (χ2n) is 7.42. The van der Waals surface area contributed by atoms with E-state index in [0.717, 1.165) is 17.6 Å². The van der Waals surface area contributed by atoms with E-state index in [1.807, 2.05) is 0 Å². The van der Waals surface area contributed by atoms with Gasteiger partial charge in [0, 0.05) is 0 Å². The van der Waals surface area contributed by atoms with Gasteiger partial charge in [0.25, 0.3) is 0 Å². The molecule has 0 saturated carbocycles. The molecule has 0 aliphatic heterocycles. The van der Waals surface area contributed by atoms with Crippen LogP contribution < -0.4 is 10.2 Å². The largest absolute Gasteiger partial charge is 0.457 e. The van der Waals surface area contributed by atoms with Gasteiger partial charge in [-0.2, -0.15) is 18.4 Å². The molecule has 0 bridgehead atoms. The standard InChI is InChI=1S/C20H21BF3NO3/c1-18(2,26)19(3,4)28-21-14-6-8-15(9-7-14)27-17-10-5-13(12-25)11-16(17)20(22,23)24/h5-11,21,26H,1-4H3. The lowest BCUT2D eigenvalue weighted by Crippen LogP contribution is -2.49. The predicted octanol–water partition coefficient (Wildman–Crippen LogP) is 3.91. The number of hydrogen-bond acceptors (Lipinski definition) is 4. The third-order valence-corrected chi connectivity index (χ3v) is 4.64. The molecule has 4 nitrogen and oxygen atoms in total. The molecule has 148 valence electrons. The first-order valence-corrected chi connectivity index (χ1v) is 8.58. The van der Waals surface area contributed by atoms with Crippen molar-refractivity contribution in [2.24, 2.45) is 0 Å². The topological polar surface area (TPSA) is 62.5 Å². The van der Waals surface area contributed by atoms with Gasteiger partial charge in [0.15, 0.2) is 0 Å². The molecule has 0 aliphatic rings. The molecular formula is C20H21BF3NO3. The molecule has 0 saturated heterocycles. The normalized spacial score (nSPS) is 12.4. The van der Waals surface area contributed by atoms with Crippen LogP contribution in [0.2, 0.25) is 0 Å². The van der Waals surface area contributed by atoms with E-state index in [0.29, 0.717) is 0 Å². The fraction of sp³-hybridized carbons (Fsp3) is 0.350. The lowest BCUT2D eigenvalue weighted by molar-refractivity contribution is -0.138. The van der Waals surface area contributed by atoms with Gasteiger partial charge in [-0.05, 0) is 58.0 Å². The molecule has 0 spiro atoms. The molecule has 1 N–H and O–H groups in total. The van der Waals surface area contributed by atoms with Gasteiger partial charge < -0.3 is 14.5 Å². The van der Waals surface area contributed by atoms with Crippen LogP contribution in [0.4, 0.5) is 13.2 Å². The zero-order chi connectivity index (χ0) is 21.2. The van der Waals surface area contributed by atoms with Crippen molar-refractivity contribution in [1.29, 1.82) is 5.26 Å². The minimum atomic E-state index is -4.64. The van der Waals surface area contributed by atoms with Gasteiger partial charge in [-0.25, -0.2) is 0 Å². The van der Waals surface area contributed by atoms with Crippen LogP contribution in [-0.2, 0) is 10.8 Å². The summed E-state index contributed by atoms with van der Waals surface area (Å²) in [6, 6.07) is 11.3. The van der Waals surface area contributed by atoms with Gasteiger partial charge in [0.05, 0.1) is 28.4 Å². The van der Waals surface area contributed by atoms with Crippen molar-refractivity contribution in [2.45, 2.75) is 45.1 Å². The number of nitrogens with zero attached hydrogens (tertiary/aromatic N) is 1. The van der Waals surface area contributed by atoms with Crippen molar-refractivity contribution in [2.75, 3.05) is 0 Å². The van der Waals surface area contributed by atoms with Gasteiger partial charge in [0.2, 0.25) is 0 Å². The molecule has 2 aromatic carbocycles. The zero-order valence-electron chi connectivity index (χ0n) is 16.1. The van der Waals surface area contributed by atoms with Crippen molar-refractivity contribution in [3.8, 4) is 17.6 Å². The quantitative estimate of drug-likeness (QED) is 0.759. The summed E-state index contributed by atoms with van der Waals surface area (Å²) in [4.78, 5) is 0. The number of rotatable bonds is 6. The van der Waals surface area contributed by atoms with Gasteiger partial charge in [0.1, 0.15) is 11.5 Å². The average Bonchev–Trinajstić information content (AvgIpc) is 2.59. The number of halogens is 3. The molecule has 0 aliphatic carbocycles. The molecule has 8 heteroatoms. The number of alkyl halides is 3. The third-order valence-electron chi connectivity index (χ3n) is 4.64. The maximum Gasteiger partial charge on any atom is 0.420 e. The van der Waals surface area contributed by atoms with Crippen LogP contribution in [0, 0.1) is 11.3 Å². The van der Waals surface area contributed by atoms with Gasteiger partial charge in [-0.3, -0.25) is 0 Å². The first kappa shape index (κ1) is 21.8. The van der Waals surface area contributed by atoms with E-state index < -0.39 is 22.9 Å². The maximum atomic E-state index is 13.2. The van der Waals surface area contributed by atoms with Crippen LogP contribution in [0.25, 0.3) is 0 Å². The van der Waals surface area contributed by atoms with E-state index in [-0.39, 0.29) is 24.5 Å². The highest BCUT2D eigenvalue weighted by atomic mass is 19.4. The summed E-state index contributed by atoms with van der Waals surface area (Å²) >= 11 is 0. The van der Waals surface area contributed by atoms with Gasteiger partial charge in [-0.1, -0.05) is 17.6 Å². The summed E-state index contributed by atoms with van der Waals surface area (Å²) in [5.74, 6) is -0.153. The monoisotopic (exact) mass is 391 g/mol. The molecule has 0 atom stereocenters. The SMILES string of the molecule is CC(C)(O)C(C)(C)OBc1ccc(Oc2ccc(C#N)cc2C(F)(F)F)cc1. The lowest BCUT2D eigenvalue weighted by Gasteiger charge is -2.37. The van der Waals surface area contributed by atoms with E-state index in [9.17, 15) is 18.3 Å². The molecule has 0 heterocycles. The Balaban J connectivity index is 2.15. The molecule has 2 rings (SSSR count). The van der Waals surface area contributed by atoms with Crippen molar-refractivity contribution < 1.29 is 27.7 Å². The highest BCUT2D eigenvalue weighted by Gasteiger charge is 2.36. The van der Waals surface area contributed by atoms with Crippen molar-refractivity contribution in [1.82, 2.24) is 0 Å². The van der Waals surface area contributed by atoms with Crippen LogP contribution in [0.5, 0.6) is 11.5 Å². The Morgan fingerprint density at radius 1 is 1.00 bits per heavy atom. The molecule has 0 unspecified atom stereocenters. The fourth-order valence-corrected chi connectivity index (χ4v) is 2.13. The van der Waals surface area contributed by atoms with E-state index in [2.05, 4.69) is 0 Å². The van der Waals surface area contributed by atoms with Crippen LogP contribution in [0.15, 0.2) is 42.5 Å². The number of hydrogen-bond donors (Lipinski definition) is 1. The molecule has 0 amide bonds. The Labute approximate surface area is 162 Å². The third kappa shape index (κ3) is 5.28. The first-order chi connectivity index (χ1) is 12.8. The first-order valence-electron chi connectivity index (χ1n) is 8.58. The molecule has 0 radical (unpaired) electrons. The minimum absolute atomic E-state index is 0.0957. The van der Waals surface area contributed by atoms with Crippen molar-refractivity contribution in [3.63, 3.8) is 0 Å². The summed E-state index contributed by atoms with van der Waals surface area (Å²) in [5, 5.41) is 18.9. The molecule has 28 heavy (non-hydrogen) atoms. The molecular weight excluding hydrogens is 370 g/mol. The fourth-order valence-electron chi connectivity index (χ4n) is 2.13. The number of nitriles is 1. The smallest absolute Gasteiger partial charge is 0.420 e. The highest BCUT2D eigenvalue weighted by molar-refractivity contribution is 6.47. The van der Waals surface area contributed by atoms with Crippen LogP contribution >= 0.6 is 0 Å². The van der Waals surface area contributed by atoms with Crippen molar-refractivity contribution >= 4 is 12.9 Å². The van der Waals surface area contributed by atoms with E-state index in [1.165, 1.54) is 18.2 Å². The number of benzene rings is 2. The van der Waals surface area contributed by atoms with Gasteiger partial charge in [-0.15, -0.1) is 0 Å². The van der Waals surface area contributed by atoms with E-state index >= 15 is 0 Å². The van der Waals surface area contributed by atoms with Gasteiger partial charge >= 0.3 is 13.7 Å². The Hall–Kier alpha value is -2.50. The second kappa shape index (κ2) is 7.86. The van der Waals surface area contributed by atoms with E-state index in [4.69, 9.17) is 14.7 Å². The average molecular weight is 391 g/mol.